The second-order valence-electron chi connectivity index (χ2n) is 8.52. The van der Waals surface area contributed by atoms with Crippen molar-refractivity contribution in [2.24, 2.45) is 0 Å². The predicted molar refractivity (Wildman–Crippen MR) is 136 cm³/mol. The lowest BCUT2D eigenvalue weighted by molar-refractivity contribution is -0.116. The zero-order valence-corrected chi connectivity index (χ0v) is 19.8. The van der Waals surface area contributed by atoms with Crippen molar-refractivity contribution in [3.05, 3.63) is 83.5 Å². The molecule has 6 heteroatoms. The number of hydrogen-bond donors (Lipinski definition) is 0. The number of rotatable bonds is 6. The van der Waals surface area contributed by atoms with Crippen LogP contribution in [-0.4, -0.2) is 47.1 Å². The topological polar surface area (TPSA) is 41.4 Å². The van der Waals surface area contributed by atoms with Crippen LogP contribution in [0.3, 0.4) is 0 Å². The summed E-state index contributed by atoms with van der Waals surface area (Å²) in [6.45, 7) is 7.34. The maximum atomic E-state index is 12.0. The van der Waals surface area contributed by atoms with E-state index in [1.54, 1.807) is 11.3 Å². The molecule has 5 rings (SSSR count). The van der Waals surface area contributed by atoms with Crippen molar-refractivity contribution in [2.45, 2.75) is 20.0 Å². The number of aryl methyl sites for hydroxylation is 2. The van der Waals surface area contributed by atoms with Gasteiger partial charge in [-0.25, -0.2) is 4.68 Å². The van der Waals surface area contributed by atoms with Gasteiger partial charge in [0.25, 0.3) is 0 Å². The van der Waals surface area contributed by atoms with Crippen LogP contribution < -0.4 is 4.90 Å². The van der Waals surface area contributed by atoms with Crippen molar-refractivity contribution >= 4 is 23.3 Å². The molecule has 0 amide bonds. The van der Waals surface area contributed by atoms with E-state index in [0.717, 1.165) is 43.9 Å². The number of aromatic nitrogens is 2. The highest BCUT2D eigenvalue weighted by molar-refractivity contribution is 7.13. The van der Waals surface area contributed by atoms with Gasteiger partial charge in [0.1, 0.15) is 0 Å². The molecule has 1 aliphatic rings. The van der Waals surface area contributed by atoms with Gasteiger partial charge in [-0.05, 0) is 48.6 Å². The average Bonchev–Trinajstić information content (AvgIpc) is 3.50. The van der Waals surface area contributed by atoms with Gasteiger partial charge in [0.15, 0.2) is 12.5 Å². The van der Waals surface area contributed by atoms with Crippen molar-refractivity contribution in [3.63, 3.8) is 0 Å². The van der Waals surface area contributed by atoms with Crippen LogP contribution in [0.5, 0.6) is 0 Å². The van der Waals surface area contributed by atoms with Gasteiger partial charge < -0.3 is 4.90 Å². The number of carbonyl (C=O) groups excluding carboxylic acids is 1. The van der Waals surface area contributed by atoms with Crippen LogP contribution in [0, 0.1) is 13.8 Å². The summed E-state index contributed by atoms with van der Waals surface area (Å²) in [5, 5.41) is 6.66. The lowest BCUT2D eigenvalue weighted by atomic mass is 10.0. The molecule has 1 aliphatic heterocycles. The molecule has 0 spiro atoms. The van der Waals surface area contributed by atoms with E-state index in [1.165, 1.54) is 27.3 Å². The minimum Gasteiger partial charge on any atom is -0.368 e. The lowest BCUT2D eigenvalue weighted by Crippen LogP contribution is -2.49. The SMILES string of the molecule is Cc1cc(C)n(C(C=O)N2CCN(c3ccccc3-c3ccc(-c4cccs4)cc3)CC2)n1. The first-order chi connectivity index (χ1) is 16.1. The van der Waals surface area contributed by atoms with Crippen molar-refractivity contribution in [2.75, 3.05) is 31.1 Å². The first-order valence-corrected chi connectivity index (χ1v) is 12.2. The first-order valence-electron chi connectivity index (χ1n) is 11.3. The molecule has 2 aromatic heterocycles. The predicted octanol–water partition coefficient (Wildman–Crippen LogP) is 5.42. The molecular weight excluding hydrogens is 428 g/mol. The molecule has 1 unspecified atom stereocenters. The van der Waals surface area contributed by atoms with Crippen LogP contribution in [0.25, 0.3) is 21.6 Å². The number of piperazine rings is 1. The molecule has 2 aromatic carbocycles. The molecule has 0 bridgehead atoms. The Morgan fingerprint density at radius 2 is 1.64 bits per heavy atom. The van der Waals surface area contributed by atoms with Gasteiger partial charge in [-0.15, -0.1) is 11.3 Å². The van der Waals surface area contributed by atoms with E-state index in [4.69, 9.17) is 0 Å². The summed E-state index contributed by atoms with van der Waals surface area (Å²) in [6, 6.07) is 23.7. The number of para-hydroxylation sites is 1. The minimum absolute atomic E-state index is 0.346. The third-order valence-electron chi connectivity index (χ3n) is 6.35. The lowest BCUT2D eigenvalue weighted by Gasteiger charge is -2.39. The van der Waals surface area contributed by atoms with Gasteiger partial charge in [-0.3, -0.25) is 9.69 Å². The normalized spacial score (nSPS) is 15.5. The van der Waals surface area contributed by atoms with Crippen LogP contribution in [0.1, 0.15) is 17.6 Å². The van der Waals surface area contributed by atoms with Gasteiger partial charge in [0, 0.05) is 48.0 Å². The molecule has 33 heavy (non-hydrogen) atoms. The number of hydrogen-bond acceptors (Lipinski definition) is 5. The molecule has 5 nitrogen and oxygen atoms in total. The summed E-state index contributed by atoms with van der Waals surface area (Å²) in [5.41, 5.74) is 6.93. The zero-order valence-electron chi connectivity index (χ0n) is 19.0. The molecule has 0 aliphatic carbocycles. The number of nitrogens with zero attached hydrogens (tertiary/aromatic N) is 4. The zero-order chi connectivity index (χ0) is 22.8. The van der Waals surface area contributed by atoms with E-state index < -0.39 is 0 Å². The van der Waals surface area contributed by atoms with Crippen LogP contribution in [0.4, 0.5) is 5.69 Å². The van der Waals surface area contributed by atoms with Gasteiger partial charge in [0.05, 0.1) is 5.69 Å². The maximum Gasteiger partial charge on any atom is 0.160 e. The van der Waals surface area contributed by atoms with E-state index in [0.29, 0.717) is 0 Å². The summed E-state index contributed by atoms with van der Waals surface area (Å²) in [7, 11) is 0. The fraction of sp³-hybridized carbons (Fsp3) is 0.259. The quantitative estimate of drug-likeness (QED) is 0.364. The van der Waals surface area contributed by atoms with Crippen LogP contribution in [0.15, 0.2) is 72.1 Å². The van der Waals surface area contributed by atoms with Crippen LogP contribution in [0.2, 0.25) is 0 Å². The van der Waals surface area contributed by atoms with Crippen molar-refractivity contribution < 1.29 is 4.79 Å². The number of anilines is 1. The molecule has 0 radical (unpaired) electrons. The van der Waals surface area contributed by atoms with E-state index in [-0.39, 0.29) is 6.17 Å². The highest BCUT2D eigenvalue weighted by atomic mass is 32.1. The molecule has 4 aromatic rings. The molecule has 0 N–H and O–H groups in total. The highest BCUT2D eigenvalue weighted by Crippen LogP contribution is 2.34. The third-order valence-corrected chi connectivity index (χ3v) is 7.27. The second kappa shape index (κ2) is 9.33. The number of aldehydes is 1. The van der Waals surface area contributed by atoms with Gasteiger partial charge >= 0.3 is 0 Å². The Hall–Kier alpha value is -3.22. The van der Waals surface area contributed by atoms with E-state index in [1.807, 2.05) is 24.6 Å². The Labute approximate surface area is 198 Å². The van der Waals surface area contributed by atoms with Crippen molar-refractivity contribution in [1.82, 2.24) is 14.7 Å². The first kappa shape index (κ1) is 21.6. The molecule has 168 valence electrons. The fourth-order valence-corrected chi connectivity index (χ4v) is 5.42. The van der Waals surface area contributed by atoms with Crippen molar-refractivity contribution in [1.29, 1.82) is 0 Å². The second-order valence-corrected chi connectivity index (χ2v) is 9.46. The van der Waals surface area contributed by atoms with Crippen LogP contribution in [-0.2, 0) is 4.79 Å². The Bertz CT molecular complexity index is 1220. The fourth-order valence-electron chi connectivity index (χ4n) is 4.69. The molecule has 3 heterocycles. The van der Waals surface area contributed by atoms with E-state index in [9.17, 15) is 4.79 Å². The Morgan fingerprint density at radius 3 is 2.27 bits per heavy atom. The summed E-state index contributed by atoms with van der Waals surface area (Å²) < 4.78 is 1.85. The van der Waals surface area contributed by atoms with Gasteiger partial charge in [-0.1, -0.05) is 48.5 Å². The molecule has 1 saturated heterocycles. The monoisotopic (exact) mass is 456 g/mol. The van der Waals surface area contributed by atoms with Gasteiger partial charge in [0.2, 0.25) is 0 Å². The standard InChI is InChI=1S/C27H28N4OS/c1-20-18-21(2)31(28-20)27(19-32)30-15-13-29(14-16-30)25-7-4-3-6-24(25)22-9-11-23(12-10-22)26-8-5-17-33-26/h3-12,17-19,27H,13-16H2,1-2H3. The number of carbonyl (C=O) groups is 1. The molecule has 0 saturated carbocycles. The van der Waals surface area contributed by atoms with Gasteiger partial charge in [-0.2, -0.15) is 5.10 Å². The molecular formula is C27H28N4OS. The highest BCUT2D eigenvalue weighted by Gasteiger charge is 2.27. The smallest absolute Gasteiger partial charge is 0.160 e. The Balaban J connectivity index is 1.33. The summed E-state index contributed by atoms with van der Waals surface area (Å²) >= 11 is 1.76. The Kier molecular flexibility index (Phi) is 6.11. The molecule has 1 fully saturated rings. The number of thiophene rings is 1. The summed E-state index contributed by atoms with van der Waals surface area (Å²) in [4.78, 5) is 17.9. The van der Waals surface area contributed by atoms with Crippen LogP contribution >= 0.6 is 11.3 Å². The summed E-state index contributed by atoms with van der Waals surface area (Å²) in [6.07, 6.45) is 0.666. The third kappa shape index (κ3) is 4.36. The maximum absolute atomic E-state index is 12.0. The van der Waals surface area contributed by atoms with E-state index in [2.05, 4.69) is 80.9 Å². The largest absolute Gasteiger partial charge is 0.368 e. The Morgan fingerprint density at radius 1 is 0.909 bits per heavy atom. The average molecular weight is 457 g/mol. The van der Waals surface area contributed by atoms with E-state index >= 15 is 0 Å². The van der Waals surface area contributed by atoms with Crippen molar-refractivity contribution in [3.8, 4) is 21.6 Å². The minimum atomic E-state index is -0.346. The summed E-state index contributed by atoms with van der Waals surface area (Å²) in [5.74, 6) is 0. The molecule has 1 atom stereocenters. The number of benzene rings is 2.